The van der Waals surface area contributed by atoms with Crippen LogP contribution in [0.1, 0.15) is 13.3 Å². The fourth-order valence-corrected chi connectivity index (χ4v) is 4.17. The predicted octanol–water partition coefficient (Wildman–Crippen LogP) is 4.08. The zero-order valence-corrected chi connectivity index (χ0v) is 17.3. The highest BCUT2D eigenvalue weighted by Crippen LogP contribution is 2.29. The standard InChI is InChI=1S/C17H17Cl2N3O5S/c1-3-16(21(28(2,26)27)12-6-4-5-11(18)9-12)17(23)20-15-10-13(22(24)25)7-8-14(15)19/h4-10,16H,3H2,1-2H3,(H,20,23)/t16-/m1/s1. The molecule has 0 unspecified atom stereocenters. The maximum atomic E-state index is 12.8. The van der Waals surface area contributed by atoms with Crippen LogP contribution >= 0.6 is 23.2 Å². The molecule has 0 saturated carbocycles. The first kappa shape index (κ1) is 21.9. The molecule has 0 spiro atoms. The van der Waals surface area contributed by atoms with Crippen molar-refractivity contribution in [3.8, 4) is 0 Å². The fourth-order valence-electron chi connectivity index (χ4n) is 2.61. The Morgan fingerprint density at radius 3 is 2.46 bits per heavy atom. The van der Waals surface area contributed by atoms with E-state index >= 15 is 0 Å². The number of non-ortho nitro benzene ring substituents is 1. The summed E-state index contributed by atoms with van der Waals surface area (Å²) < 4.78 is 25.8. The number of nitro groups is 1. The maximum absolute atomic E-state index is 12.8. The molecule has 150 valence electrons. The van der Waals surface area contributed by atoms with Gasteiger partial charge in [0, 0.05) is 17.2 Å². The van der Waals surface area contributed by atoms with Gasteiger partial charge in [0.15, 0.2) is 0 Å². The van der Waals surface area contributed by atoms with Gasteiger partial charge in [0.2, 0.25) is 15.9 Å². The smallest absolute Gasteiger partial charge is 0.271 e. The molecule has 0 fully saturated rings. The van der Waals surface area contributed by atoms with E-state index in [0.29, 0.717) is 5.02 Å². The predicted molar refractivity (Wildman–Crippen MR) is 110 cm³/mol. The van der Waals surface area contributed by atoms with Crippen molar-refractivity contribution in [2.45, 2.75) is 19.4 Å². The number of rotatable bonds is 7. The summed E-state index contributed by atoms with van der Waals surface area (Å²) in [4.78, 5) is 23.2. The van der Waals surface area contributed by atoms with Crippen molar-refractivity contribution in [1.29, 1.82) is 0 Å². The van der Waals surface area contributed by atoms with Gasteiger partial charge < -0.3 is 5.32 Å². The molecule has 0 bridgehead atoms. The van der Waals surface area contributed by atoms with Gasteiger partial charge in [0.05, 0.1) is 27.6 Å². The monoisotopic (exact) mass is 445 g/mol. The van der Waals surface area contributed by atoms with Crippen LogP contribution in [0.4, 0.5) is 17.1 Å². The second-order valence-electron chi connectivity index (χ2n) is 5.87. The van der Waals surface area contributed by atoms with Crippen molar-refractivity contribution in [2.24, 2.45) is 0 Å². The number of nitro benzene ring substituents is 1. The lowest BCUT2D eigenvalue weighted by Crippen LogP contribution is -2.47. The van der Waals surface area contributed by atoms with E-state index < -0.39 is 26.9 Å². The van der Waals surface area contributed by atoms with Gasteiger partial charge in [-0.2, -0.15) is 0 Å². The number of carbonyl (C=O) groups excluding carboxylic acids is 1. The molecule has 2 aromatic rings. The Bertz CT molecular complexity index is 1010. The number of hydrogen-bond acceptors (Lipinski definition) is 5. The van der Waals surface area contributed by atoms with Crippen molar-refractivity contribution in [3.63, 3.8) is 0 Å². The summed E-state index contributed by atoms with van der Waals surface area (Å²) in [7, 11) is -3.84. The largest absolute Gasteiger partial charge is 0.323 e. The minimum absolute atomic E-state index is 0.0128. The second kappa shape index (κ2) is 8.76. The lowest BCUT2D eigenvalue weighted by Gasteiger charge is -2.30. The van der Waals surface area contributed by atoms with Crippen molar-refractivity contribution in [3.05, 3.63) is 62.6 Å². The van der Waals surface area contributed by atoms with Crippen LogP contribution in [-0.4, -0.2) is 31.5 Å². The van der Waals surface area contributed by atoms with E-state index in [9.17, 15) is 23.3 Å². The number of amides is 1. The zero-order chi connectivity index (χ0) is 21.1. The molecule has 28 heavy (non-hydrogen) atoms. The molecule has 1 N–H and O–H groups in total. The topological polar surface area (TPSA) is 110 Å². The van der Waals surface area contributed by atoms with Crippen molar-refractivity contribution >= 4 is 56.2 Å². The van der Waals surface area contributed by atoms with Crippen LogP contribution < -0.4 is 9.62 Å². The number of sulfonamides is 1. The Hall–Kier alpha value is -2.36. The van der Waals surface area contributed by atoms with Crippen LogP contribution in [0.25, 0.3) is 0 Å². The van der Waals surface area contributed by atoms with Crippen molar-refractivity contribution < 1.29 is 18.1 Å². The van der Waals surface area contributed by atoms with Gasteiger partial charge >= 0.3 is 0 Å². The van der Waals surface area contributed by atoms with Crippen LogP contribution in [0, 0.1) is 10.1 Å². The molecule has 0 heterocycles. The van der Waals surface area contributed by atoms with Gasteiger partial charge in [-0.05, 0) is 30.7 Å². The molecule has 0 aliphatic carbocycles. The minimum atomic E-state index is -3.84. The van der Waals surface area contributed by atoms with Gasteiger partial charge in [-0.1, -0.05) is 36.2 Å². The molecule has 2 aromatic carbocycles. The lowest BCUT2D eigenvalue weighted by molar-refractivity contribution is -0.384. The fraction of sp³-hybridized carbons (Fsp3) is 0.235. The number of carbonyl (C=O) groups is 1. The number of anilines is 2. The second-order valence-corrected chi connectivity index (χ2v) is 8.58. The molecule has 1 atom stereocenters. The van der Waals surface area contributed by atoms with Crippen LogP contribution in [0.15, 0.2) is 42.5 Å². The van der Waals surface area contributed by atoms with Crippen LogP contribution in [-0.2, 0) is 14.8 Å². The Morgan fingerprint density at radius 2 is 1.93 bits per heavy atom. The minimum Gasteiger partial charge on any atom is -0.323 e. The molecule has 2 rings (SSSR count). The quantitative estimate of drug-likeness (QED) is 0.509. The van der Waals surface area contributed by atoms with Crippen LogP contribution in [0.2, 0.25) is 10.0 Å². The maximum Gasteiger partial charge on any atom is 0.271 e. The summed E-state index contributed by atoms with van der Waals surface area (Å²) in [6.45, 7) is 1.64. The highest BCUT2D eigenvalue weighted by molar-refractivity contribution is 7.92. The van der Waals surface area contributed by atoms with E-state index in [1.54, 1.807) is 19.1 Å². The summed E-state index contributed by atoms with van der Waals surface area (Å²) in [6, 6.07) is 8.56. The summed E-state index contributed by atoms with van der Waals surface area (Å²) in [5, 5.41) is 13.8. The molecule has 8 nitrogen and oxygen atoms in total. The molecule has 0 radical (unpaired) electrons. The first-order valence-corrected chi connectivity index (χ1v) is 10.6. The highest BCUT2D eigenvalue weighted by atomic mass is 35.5. The number of benzene rings is 2. The Kier molecular flexibility index (Phi) is 6.87. The summed E-state index contributed by atoms with van der Waals surface area (Å²) >= 11 is 12.0. The molecule has 0 saturated heterocycles. The molecular weight excluding hydrogens is 429 g/mol. The molecule has 0 aromatic heterocycles. The third kappa shape index (κ3) is 5.12. The van der Waals surface area contributed by atoms with E-state index in [4.69, 9.17) is 23.2 Å². The van der Waals surface area contributed by atoms with E-state index in [2.05, 4.69) is 5.32 Å². The average Bonchev–Trinajstić information content (AvgIpc) is 2.59. The summed E-state index contributed by atoms with van der Waals surface area (Å²) in [5.74, 6) is -0.685. The van der Waals surface area contributed by atoms with Crippen LogP contribution in [0.5, 0.6) is 0 Å². The molecule has 0 aliphatic heterocycles. The van der Waals surface area contributed by atoms with E-state index in [1.165, 1.54) is 24.3 Å². The Labute approximate surface area is 172 Å². The molecule has 11 heteroatoms. The van der Waals surface area contributed by atoms with Gasteiger partial charge in [0.25, 0.3) is 5.69 Å². The number of hydrogen-bond donors (Lipinski definition) is 1. The van der Waals surface area contributed by atoms with Gasteiger partial charge in [-0.25, -0.2) is 8.42 Å². The Balaban J connectivity index is 2.43. The first-order chi connectivity index (χ1) is 13.0. The van der Waals surface area contributed by atoms with E-state index in [0.717, 1.165) is 16.6 Å². The number of nitrogens with zero attached hydrogens (tertiary/aromatic N) is 2. The number of halogens is 2. The average molecular weight is 446 g/mol. The van der Waals surface area contributed by atoms with Gasteiger partial charge in [0.1, 0.15) is 6.04 Å². The van der Waals surface area contributed by atoms with E-state index in [-0.39, 0.29) is 28.5 Å². The Morgan fingerprint density at radius 1 is 1.25 bits per heavy atom. The normalized spacial score (nSPS) is 12.3. The zero-order valence-electron chi connectivity index (χ0n) is 14.9. The molecule has 1 amide bonds. The molecular formula is C17H17Cl2N3O5S. The SMILES string of the molecule is CC[C@H](C(=O)Nc1cc([N+](=O)[O-])ccc1Cl)N(c1cccc(Cl)c1)S(C)(=O)=O. The van der Waals surface area contributed by atoms with Gasteiger partial charge in [-0.3, -0.25) is 19.2 Å². The number of nitrogens with one attached hydrogen (secondary N) is 1. The molecule has 0 aliphatic rings. The first-order valence-electron chi connectivity index (χ1n) is 8.04. The van der Waals surface area contributed by atoms with Crippen molar-refractivity contribution in [2.75, 3.05) is 15.9 Å². The third-order valence-electron chi connectivity index (χ3n) is 3.81. The summed E-state index contributed by atoms with van der Waals surface area (Å²) in [5.41, 5.74) is -0.0245. The van der Waals surface area contributed by atoms with Gasteiger partial charge in [-0.15, -0.1) is 0 Å². The highest BCUT2D eigenvalue weighted by Gasteiger charge is 2.32. The van der Waals surface area contributed by atoms with Crippen molar-refractivity contribution in [1.82, 2.24) is 0 Å². The van der Waals surface area contributed by atoms with Crippen LogP contribution in [0.3, 0.4) is 0 Å². The third-order valence-corrected chi connectivity index (χ3v) is 5.56. The summed E-state index contributed by atoms with van der Waals surface area (Å²) in [6.07, 6.45) is 1.11. The van der Waals surface area contributed by atoms with E-state index in [1.807, 2.05) is 0 Å². The lowest BCUT2D eigenvalue weighted by atomic mass is 10.1.